The van der Waals surface area contributed by atoms with Gasteiger partial charge in [-0.3, -0.25) is 0 Å². The highest BCUT2D eigenvalue weighted by molar-refractivity contribution is 6.03. The molecule has 0 unspecified atom stereocenters. The summed E-state index contributed by atoms with van der Waals surface area (Å²) in [5, 5.41) is 0.758. The van der Waals surface area contributed by atoms with E-state index in [1.165, 1.54) is 23.8 Å². The third kappa shape index (κ3) is 3.67. The smallest absolute Gasteiger partial charge is 0.342 e. The SMILES string of the molecule is CCOC(=O)c1coc2cc(C#CC3=C(C)C(C)(C)CCC3(C)C)ccc12. The third-order valence-electron chi connectivity index (χ3n) is 5.84. The number of ether oxygens (including phenoxy) is 1. The predicted octanol–water partition coefficient (Wildman–Crippen LogP) is 6.12. The Balaban J connectivity index is 1.98. The molecule has 0 saturated heterocycles. The van der Waals surface area contributed by atoms with E-state index in [4.69, 9.17) is 9.15 Å². The standard InChI is InChI=1S/C24H28O3/c1-7-26-22(25)19-15-27-21-14-17(8-10-18(19)21)9-11-20-16(2)23(3,4)12-13-24(20,5)6/h8,10,14-15H,7,12-13H2,1-6H3. The lowest BCUT2D eigenvalue weighted by atomic mass is 9.63. The largest absolute Gasteiger partial charge is 0.463 e. The first-order chi connectivity index (χ1) is 12.7. The van der Waals surface area contributed by atoms with Gasteiger partial charge in [-0.25, -0.2) is 4.79 Å². The van der Waals surface area contributed by atoms with Crippen LogP contribution in [0.3, 0.4) is 0 Å². The number of hydrogen-bond donors (Lipinski definition) is 0. The summed E-state index contributed by atoms with van der Waals surface area (Å²) in [6.07, 6.45) is 3.78. The fourth-order valence-electron chi connectivity index (χ4n) is 3.65. The lowest BCUT2D eigenvalue weighted by Crippen LogP contribution is -2.29. The molecule has 1 aromatic carbocycles. The van der Waals surface area contributed by atoms with Crippen LogP contribution in [0.4, 0.5) is 0 Å². The first-order valence-electron chi connectivity index (χ1n) is 9.58. The van der Waals surface area contributed by atoms with Gasteiger partial charge in [0.05, 0.1) is 6.61 Å². The van der Waals surface area contributed by atoms with Crippen LogP contribution >= 0.6 is 0 Å². The molecule has 1 aliphatic carbocycles. The van der Waals surface area contributed by atoms with E-state index >= 15 is 0 Å². The number of esters is 1. The quantitative estimate of drug-likeness (QED) is 0.476. The molecule has 27 heavy (non-hydrogen) atoms. The van der Waals surface area contributed by atoms with Gasteiger partial charge in [-0.2, -0.15) is 0 Å². The first-order valence-corrected chi connectivity index (χ1v) is 9.58. The molecule has 0 amide bonds. The molecule has 0 bridgehead atoms. The molecular formula is C24H28O3. The summed E-state index contributed by atoms with van der Waals surface area (Å²) in [7, 11) is 0. The molecule has 0 radical (unpaired) electrons. The molecule has 3 nitrogen and oxygen atoms in total. The summed E-state index contributed by atoms with van der Waals surface area (Å²) in [6.45, 7) is 13.5. The molecule has 0 N–H and O–H groups in total. The van der Waals surface area contributed by atoms with Crippen LogP contribution in [0.5, 0.6) is 0 Å². The highest BCUT2D eigenvalue weighted by Gasteiger charge is 2.36. The van der Waals surface area contributed by atoms with Crippen molar-refractivity contribution < 1.29 is 13.9 Å². The van der Waals surface area contributed by atoms with Crippen LogP contribution in [0, 0.1) is 22.7 Å². The average Bonchev–Trinajstić information content (AvgIpc) is 3.02. The summed E-state index contributed by atoms with van der Waals surface area (Å²) in [4.78, 5) is 12.0. The summed E-state index contributed by atoms with van der Waals surface area (Å²) in [5.41, 5.74) is 4.91. The third-order valence-corrected chi connectivity index (χ3v) is 5.84. The van der Waals surface area contributed by atoms with E-state index in [0.717, 1.165) is 17.4 Å². The molecule has 0 aliphatic heterocycles. The minimum Gasteiger partial charge on any atom is -0.463 e. The second kappa shape index (κ2) is 6.93. The van der Waals surface area contributed by atoms with Gasteiger partial charge in [0.2, 0.25) is 0 Å². The number of rotatable bonds is 2. The van der Waals surface area contributed by atoms with Gasteiger partial charge >= 0.3 is 5.97 Å². The molecular weight excluding hydrogens is 336 g/mol. The molecule has 2 aromatic rings. The zero-order valence-corrected chi connectivity index (χ0v) is 17.2. The van der Waals surface area contributed by atoms with Gasteiger partial charge in [0, 0.05) is 16.5 Å². The van der Waals surface area contributed by atoms with Crippen LogP contribution in [0.2, 0.25) is 0 Å². The second-order valence-corrected chi connectivity index (χ2v) is 8.60. The van der Waals surface area contributed by atoms with E-state index in [1.807, 2.05) is 18.2 Å². The van der Waals surface area contributed by atoms with Crippen LogP contribution in [-0.4, -0.2) is 12.6 Å². The van der Waals surface area contributed by atoms with Gasteiger partial charge in [-0.05, 0) is 55.7 Å². The maximum absolute atomic E-state index is 12.0. The van der Waals surface area contributed by atoms with Gasteiger partial charge in [0.25, 0.3) is 0 Å². The molecule has 0 fully saturated rings. The Morgan fingerprint density at radius 2 is 1.85 bits per heavy atom. The maximum Gasteiger partial charge on any atom is 0.342 e. The Bertz CT molecular complexity index is 974. The van der Waals surface area contributed by atoms with Crippen LogP contribution in [0.15, 0.2) is 40.0 Å². The van der Waals surface area contributed by atoms with Crippen molar-refractivity contribution in [2.24, 2.45) is 10.8 Å². The van der Waals surface area contributed by atoms with E-state index in [-0.39, 0.29) is 16.8 Å². The van der Waals surface area contributed by atoms with E-state index < -0.39 is 0 Å². The number of hydrogen-bond acceptors (Lipinski definition) is 3. The number of fused-ring (bicyclic) bond motifs is 1. The Kier molecular flexibility index (Phi) is 4.95. The van der Waals surface area contributed by atoms with E-state index in [9.17, 15) is 4.79 Å². The van der Waals surface area contributed by atoms with Crippen molar-refractivity contribution in [1.82, 2.24) is 0 Å². The lowest BCUT2D eigenvalue weighted by molar-refractivity contribution is 0.0527. The molecule has 1 aromatic heterocycles. The Morgan fingerprint density at radius 1 is 1.15 bits per heavy atom. The minimum absolute atomic E-state index is 0.0957. The first kappa shape index (κ1) is 19.3. The highest BCUT2D eigenvalue weighted by atomic mass is 16.5. The summed E-state index contributed by atoms with van der Waals surface area (Å²) >= 11 is 0. The van der Waals surface area contributed by atoms with Crippen LogP contribution < -0.4 is 0 Å². The zero-order valence-electron chi connectivity index (χ0n) is 17.2. The fraction of sp³-hybridized carbons (Fsp3) is 0.458. The van der Waals surface area contributed by atoms with Gasteiger partial charge in [-0.1, -0.05) is 45.1 Å². The van der Waals surface area contributed by atoms with Crippen LogP contribution in [0.1, 0.15) is 70.3 Å². The van der Waals surface area contributed by atoms with Crippen LogP contribution in [0.25, 0.3) is 11.0 Å². The minimum atomic E-state index is -0.359. The molecule has 3 heteroatoms. The van der Waals surface area contributed by atoms with Crippen molar-refractivity contribution in [3.05, 3.63) is 46.7 Å². The van der Waals surface area contributed by atoms with E-state index in [2.05, 4.69) is 46.5 Å². The molecule has 0 atom stereocenters. The van der Waals surface area contributed by atoms with E-state index in [1.54, 1.807) is 6.92 Å². The van der Waals surface area contributed by atoms with Crippen molar-refractivity contribution in [3.8, 4) is 11.8 Å². The van der Waals surface area contributed by atoms with Crippen molar-refractivity contribution in [1.29, 1.82) is 0 Å². The summed E-state index contributed by atoms with van der Waals surface area (Å²) in [5.74, 6) is 6.40. The van der Waals surface area contributed by atoms with Crippen molar-refractivity contribution in [2.45, 2.75) is 54.4 Å². The van der Waals surface area contributed by atoms with Gasteiger partial charge in [0.15, 0.2) is 0 Å². The predicted molar refractivity (Wildman–Crippen MR) is 109 cm³/mol. The van der Waals surface area contributed by atoms with Crippen molar-refractivity contribution in [3.63, 3.8) is 0 Å². The van der Waals surface area contributed by atoms with Gasteiger partial charge < -0.3 is 9.15 Å². The highest BCUT2D eigenvalue weighted by Crippen LogP contribution is 2.48. The molecule has 1 aliphatic rings. The normalized spacial score (nSPS) is 18.1. The van der Waals surface area contributed by atoms with Crippen molar-refractivity contribution >= 4 is 16.9 Å². The average molecular weight is 364 g/mol. The number of allylic oxidation sites excluding steroid dienone is 2. The monoisotopic (exact) mass is 364 g/mol. The van der Waals surface area contributed by atoms with Gasteiger partial charge in [0.1, 0.15) is 17.4 Å². The summed E-state index contributed by atoms with van der Waals surface area (Å²) < 4.78 is 10.6. The molecule has 3 rings (SSSR count). The number of furan rings is 1. The molecule has 0 saturated carbocycles. The topological polar surface area (TPSA) is 39.4 Å². The van der Waals surface area contributed by atoms with E-state index in [0.29, 0.717) is 17.8 Å². The lowest BCUT2D eigenvalue weighted by Gasteiger charge is -2.40. The summed E-state index contributed by atoms with van der Waals surface area (Å²) in [6, 6.07) is 5.71. The zero-order chi connectivity index (χ0) is 19.8. The van der Waals surface area contributed by atoms with Crippen LogP contribution in [-0.2, 0) is 4.74 Å². The number of carbonyl (C=O) groups excluding carboxylic acids is 1. The Labute approximate surface area is 161 Å². The molecule has 0 spiro atoms. The molecule has 142 valence electrons. The maximum atomic E-state index is 12.0. The number of carbonyl (C=O) groups is 1. The second-order valence-electron chi connectivity index (χ2n) is 8.60. The fourth-order valence-corrected chi connectivity index (χ4v) is 3.65. The Hall–Kier alpha value is -2.47. The van der Waals surface area contributed by atoms with Crippen molar-refractivity contribution in [2.75, 3.05) is 6.61 Å². The molecule has 1 heterocycles. The Morgan fingerprint density at radius 3 is 2.56 bits per heavy atom. The number of benzene rings is 1. The van der Waals surface area contributed by atoms with Gasteiger partial charge in [-0.15, -0.1) is 0 Å².